The number of benzene rings is 1. The normalized spacial score (nSPS) is 20.9. The summed E-state index contributed by atoms with van der Waals surface area (Å²) in [4.78, 5) is -0.517. The van der Waals surface area contributed by atoms with Gasteiger partial charge in [-0.25, -0.2) is 0 Å². The van der Waals surface area contributed by atoms with E-state index < -0.39 is 11.1 Å². The smallest absolute Gasteiger partial charge is 0.310 e. The van der Waals surface area contributed by atoms with Gasteiger partial charge in [-0.05, 0) is 48.5 Å². The topological polar surface area (TPSA) is 12.0 Å². The highest BCUT2D eigenvalue weighted by atomic mass is 32.1. The maximum Gasteiger partial charge on any atom is 0.425 e. The molecule has 1 aromatic carbocycles. The Hall–Kier alpha value is -1.07. The third kappa shape index (κ3) is 2.62. The number of alkyl halides is 3. The standard InChI is InChI=1S/C14H14F3NS/c15-14(16,17)13-8-10-7-9(4-5-12(10)19-13)11-3-1-2-6-18-11/h4-5,7-8,11,18H,1-3,6H2. The van der Waals surface area contributed by atoms with Crippen molar-refractivity contribution in [2.75, 3.05) is 6.54 Å². The highest BCUT2D eigenvalue weighted by molar-refractivity contribution is 7.19. The number of halogens is 3. The van der Waals surface area contributed by atoms with E-state index in [4.69, 9.17) is 0 Å². The molecule has 0 bridgehead atoms. The maximum absolute atomic E-state index is 12.7. The van der Waals surface area contributed by atoms with Gasteiger partial charge in [0.15, 0.2) is 0 Å². The second-order valence-electron chi connectivity index (χ2n) is 4.91. The minimum atomic E-state index is -4.24. The van der Waals surface area contributed by atoms with Crippen molar-refractivity contribution in [1.82, 2.24) is 5.32 Å². The molecule has 5 heteroatoms. The van der Waals surface area contributed by atoms with Crippen LogP contribution in [0.25, 0.3) is 10.1 Å². The van der Waals surface area contributed by atoms with Crippen LogP contribution in [0.15, 0.2) is 24.3 Å². The van der Waals surface area contributed by atoms with Crippen LogP contribution in [0.2, 0.25) is 0 Å². The van der Waals surface area contributed by atoms with Gasteiger partial charge in [-0.15, -0.1) is 11.3 Å². The van der Waals surface area contributed by atoms with Crippen LogP contribution in [0.4, 0.5) is 13.2 Å². The molecule has 0 amide bonds. The number of piperidine rings is 1. The first-order valence-electron chi connectivity index (χ1n) is 6.38. The summed E-state index contributed by atoms with van der Waals surface area (Å²) in [5, 5.41) is 4.11. The minimum absolute atomic E-state index is 0.285. The van der Waals surface area contributed by atoms with E-state index in [9.17, 15) is 13.2 Å². The molecule has 0 saturated carbocycles. The minimum Gasteiger partial charge on any atom is -0.310 e. The first kappa shape index (κ1) is 12.9. The molecule has 1 N–H and O–H groups in total. The van der Waals surface area contributed by atoms with E-state index in [1.54, 1.807) is 6.07 Å². The zero-order valence-corrected chi connectivity index (χ0v) is 11.1. The van der Waals surface area contributed by atoms with Gasteiger partial charge < -0.3 is 5.32 Å². The molecule has 0 radical (unpaired) electrons. The van der Waals surface area contributed by atoms with Crippen molar-refractivity contribution in [2.45, 2.75) is 31.5 Å². The van der Waals surface area contributed by atoms with Crippen LogP contribution in [0.3, 0.4) is 0 Å². The molecule has 0 aliphatic carbocycles. The molecule has 1 unspecified atom stereocenters. The second kappa shape index (κ2) is 4.80. The van der Waals surface area contributed by atoms with E-state index in [0.717, 1.165) is 29.9 Å². The lowest BCUT2D eigenvalue weighted by Crippen LogP contribution is -2.26. The van der Waals surface area contributed by atoms with E-state index in [1.807, 2.05) is 12.1 Å². The average Bonchev–Trinajstić information content (AvgIpc) is 2.82. The Balaban J connectivity index is 1.96. The molecule has 19 heavy (non-hydrogen) atoms. The average molecular weight is 285 g/mol. The summed E-state index contributed by atoms with van der Waals surface area (Å²) in [6, 6.07) is 7.19. The monoisotopic (exact) mass is 285 g/mol. The third-order valence-corrected chi connectivity index (χ3v) is 4.69. The third-order valence-electron chi connectivity index (χ3n) is 3.53. The van der Waals surface area contributed by atoms with Crippen molar-refractivity contribution in [3.63, 3.8) is 0 Å². The largest absolute Gasteiger partial charge is 0.425 e. The summed E-state index contributed by atoms with van der Waals surface area (Å²) < 4.78 is 38.7. The molecule has 1 aromatic heterocycles. The van der Waals surface area contributed by atoms with Crippen molar-refractivity contribution in [3.05, 3.63) is 34.7 Å². The number of thiophene rings is 1. The summed E-state index contributed by atoms with van der Waals surface area (Å²) in [5.41, 5.74) is 1.10. The first-order valence-corrected chi connectivity index (χ1v) is 7.20. The molecule has 2 heterocycles. The highest BCUT2D eigenvalue weighted by Gasteiger charge is 2.32. The van der Waals surface area contributed by atoms with Crippen LogP contribution in [0, 0.1) is 0 Å². The number of hydrogen-bond acceptors (Lipinski definition) is 2. The van der Waals surface area contributed by atoms with Crippen LogP contribution in [-0.4, -0.2) is 6.54 Å². The van der Waals surface area contributed by atoms with Gasteiger partial charge in [-0.1, -0.05) is 12.5 Å². The fourth-order valence-corrected chi connectivity index (χ4v) is 3.46. The van der Waals surface area contributed by atoms with E-state index >= 15 is 0 Å². The number of rotatable bonds is 1. The molecule has 1 fully saturated rings. The molecule has 0 spiro atoms. The van der Waals surface area contributed by atoms with E-state index in [-0.39, 0.29) is 6.04 Å². The van der Waals surface area contributed by atoms with Crippen molar-refractivity contribution in [3.8, 4) is 0 Å². The summed E-state index contributed by atoms with van der Waals surface area (Å²) >= 11 is 0.814. The summed E-state index contributed by atoms with van der Waals surface area (Å²) in [6.45, 7) is 0.986. The Bertz CT molecular complexity index is 582. The molecule has 102 valence electrons. The molecule has 3 rings (SSSR count). The fraction of sp³-hybridized carbons (Fsp3) is 0.429. The number of nitrogens with one attached hydrogen (secondary N) is 1. The molecule has 1 atom stereocenters. The molecule has 1 nitrogen and oxygen atoms in total. The number of fused-ring (bicyclic) bond motifs is 1. The lowest BCUT2D eigenvalue weighted by Gasteiger charge is -2.23. The zero-order valence-electron chi connectivity index (χ0n) is 10.3. The molecular formula is C14H14F3NS. The SMILES string of the molecule is FC(F)(F)c1cc2cc(C3CCCCN3)ccc2s1. The van der Waals surface area contributed by atoms with Gasteiger partial charge in [0.2, 0.25) is 0 Å². The highest BCUT2D eigenvalue weighted by Crippen LogP contribution is 2.39. The zero-order chi connectivity index (χ0) is 13.5. The fourth-order valence-electron chi connectivity index (χ4n) is 2.55. The van der Waals surface area contributed by atoms with Gasteiger partial charge in [0.05, 0.1) is 0 Å². The predicted octanol–water partition coefficient (Wildman–Crippen LogP) is 4.73. The summed E-state index contributed by atoms with van der Waals surface area (Å²) in [6.07, 6.45) is -0.836. The van der Waals surface area contributed by atoms with E-state index in [0.29, 0.717) is 10.1 Å². The van der Waals surface area contributed by atoms with E-state index in [1.165, 1.54) is 18.9 Å². The maximum atomic E-state index is 12.7. The van der Waals surface area contributed by atoms with Crippen LogP contribution < -0.4 is 5.32 Å². The van der Waals surface area contributed by atoms with Crippen molar-refractivity contribution < 1.29 is 13.2 Å². The van der Waals surface area contributed by atoms with Gasteiger partial charge in [-0.2, -0.15) is 13.2 Å². The summed E-state index contributed by atoms with van der Waals surface area (Å²) in [5.74, 6) is 0. The van der Waals surface area contributed by atoms with Crippen molar-refractivity contribution in [1.29, 1.82) is 0 Å². The van der Waals surface area contributed by atoms with Gasteiger partial charge in [0.25, 0.3) is 0 Å². The Morgan fingerprint density at radius 1 is 1.16 bits per heavy atom. The van der Waals surface area contributed by atoms with Gasteiger partial charge >= 0.3 is 6.18 Å². The van der Waals surface area contributed by atoms with E-state index in [2.05, 4.69) is 5.32 Å². The first-order chi connectivity index (χ1) is 9.04. The quantitative estimate of drug-likeness (QED) is 0.798. The molecule has 1 aliphatic rings. The predicted molar refractivity (Wildman–Crippen MR) is 71.4 cm³/mol. The van der Waals surface area contributed by atoms with Gasteiger partial charge in [0.1, 0.15) is 4.88 Å². The Morgan fingerprint density at radius 3 is 2.68 bits per heavy atom. The van der Waals surface area contributed by atoms with Crippen molar-refractivity contribution >= 4 is 21.4 Å². The van der Waals surface area contributed by atoms with Crippen molar-refractivity contribution in [2.24, 2.45) is 0 Å². The Labute approximate surface area is 113 Å². The van der Waals surface area contributed by atoms with Crippen LogP contribution in [0.5, 0.6) is 0 Å². The van der Waals surface area contributed by atoms with Gasteiger partial charge in [0, 0.05) is 10.7 Å². The van der Waals surface area contributed by atoms with Gasteiger partial charge in [-0.3, -0.25) is 0 Å². The van der Waals surface area contributed by atoms with Crippen LogP contribution in [0.1, 0.15) is 35.7 Å². The number of hydrogen-bond donors (Lipinski definition) is 1. The summed E-state index contributed by atoms with van der Waals surface area (Å²) in [7, 11) is 0. The molecule has 1 saturated heterocycles. The Kier molecular flexibility index (Phi) is 3.27. The van der Waals surface area contributed by atoms with Crippen LogP contribution in [-0.2, 0) is 6.18 Å². The lowest BCUT2D eigenvalue weighted by molar-refractivity contribution is -0.134. The molecule has 2 aromatic rings. The van der Waals surface area contributed by atoms with Crippen LogP contribution >= 0.6 is 11.3 Å². The second-order valence-corrected chi connectivity index (χ2v) is 5.99. The molecule has 1 aliphatic heterocycles. The Morgan fingerprint density at radius 2 is 2.00 bits per heavy atom. The molecular weight excluding hydrogens is 271 g/mol. The lowest BCUT2D eigenvalue weighted by atomic mass is 9.97.